The number of carbonyl (C=O) groups excluding carboxylic acids is 1. The number of anilines is 1. The number of nitrogens with zero attached hydrogens (tertiary/aromatic N) is 1. The van der Waals surface area contributed by atoms with E-state index in [9.17, 15) is 24.4 Å². The van der Waals surface area contributed by atoms with Crippen LogP contribution in [0.25, 0.3) is 0 Å². The minimum absolute atomic E-state index is 0.133. The molecule has 2 aromatic carbocycles. The van der Waals surface area contributed by atoms with Gasteiger partial charge in [0.1, 0.15) is 11.6 Å². The lowest BCUT2D eigenvalue weighted by Crippen LogP contribution is -2.15. The smallest absolute Gasteiger partial charge is 0.296 e. The van der Waals surface area contributed by atoms with Crippen molar-refractivity contribution < 1.29 is 19.2 Å². The summed E-state index contributed by atoms with van der Waals surface area (Å²) in [6.45, 7) is 0. The highest BCUT2D eigenvalue weighted by Gasteiger charge is 2.21. The third kappa shape index (κ3) is 3.09. The fourth-order valence-corrected chi connectivity index (χ4v) is 1.83. The Hall–Kier alpha value is -2.67. The molecule has 0 bridgehead atoms. The third-order valence-electron chi connectivity index (χ3n) is 2.63. The van der Waals surface area contributed by atoms with Gasteiger partial charge in [-0.15, -0.1) is 0 Å². The molecule has 0 fully saturated rings. The summed E-state index contributed by atoms with van der Waals surface area (Å²) in [4.78, 5) is 22.1. The SMILES string of the molecule is O=C(Nc1c(O)cccc1[N+](=O)[O-])c1cc(Cl)ccc1F. The molecule has 0 atom stereocenters. The largest absolute Gasteiger partial charge is 0.505 e. The number of nitro benzene ring substituents is 1. The maximum atomic E-state index is 13.6. The van der Waals surface area contributed by atoms with Gasteiger partial charge >= 0.3 is 0 Å². The first-order chi connectivity index (χ1) is 9.90. The molecule has 2 N–H and O–H groups in total. The second-order valence-corrected chi connectivity index (χ2v) is 4.44. The Bertz CT molecular complexity index is 736. The van der Waals surface area contributed by atoms with E-state index in [4.69, 9.17) is 11.6 Å². The maximum Gasteiger partial charge on any atom is 0.296 e. The minimum Gasteiger partial charge on any atom is -0.505 e. The fourth-order valence-electron chi connectivity index (χ4n) is 1.66. The summed E-state index contributed by atoms with van der Waals surface area (Å²) in [5.41, 5.74) is -1.31. The Morgan fingerprint density at radius 3 is 2.71 bits per heavy atom. The van der Waals surface area contributed by atoms with Crippen LogP contribution >= 0.6 is 11.6 Å². The Balaban J connectivity index is 2.41. The van der Waals surface area contributed by atoms with Crippen LogP contribution in [0.5, 0.6) is 5.75 Å². The van der Waals surface area contributed by atoms with Crippen LogP contribution in [0.3, 0.4) is 0 Å². The standard InChI is InChI=1S/C13H8ClFN2O4/c14-7-4-5-9(15)8(6-7)13(19)16-12-10(17(20)21)2-1-3-11(12)18/h1-6,18H,(H,16,19). The lowest BCUT2D eigenvalue weighted by atomic mass is 10.2. The molecule has 0 spiro atoms. The number of rotatable bonds is 3. The van der Waals surface area contributed by atoms with Crippen LogP contribution in [-0.2, 0) is 0 Å². The quantitative estimate of drug-likeness (QED) is 0.516. The monoisotopic (exact) mass is 310 g/mol. The molecular weight excluding hydrogens is 303 g/mol. The molecule has 2 aromatic rings. The average Bonchev–Trinajstić information content (AvgIpc) is 2.43. The Kier molecular flexibility index (Phi) is 4.04. The molecule has 0 unspecified atom stereocenters. The predicted molar refractivity (Wildman–Crippen MR) is 74.1 cm³/mol. The summed E-state index contributed by atoms with van der Waals surface area (Å²) in [7, 11) is 0. The van der Waals surface area contributed by atoms with Crippen molar-refractivity contribution >= 4 is 28.9 Å². The molecule has 0 aromatic heterocycles. The first kappa shape index (κ1) is 14.7. The first-order valence-electron chi connectivity index (χ1n) is 5.63. The van der Waals surface area contributed by atoms with E-state index in [0.717, 1.165) is 24.3 Å². The first-order valence-corrected chi connectivity index (χ1v) is 6.00. The molecule has 0 aliphatic carbocycles. The number of halogens is 2. The molecule has 8 heteroatoms. The van der Waals surface area contributed by atoms with Gasteiger partial charge in [-0.25, -0.2) is 4.39 Å². The van der Waals surface area contributed by atoms with Crippen LogP contribution in [0.4, 0.5) is 15.8 Å². The second-order valence-electron chi connectivity index (χ2n) is 4.01. The summed E-state index contributed by atoms with van der Waals surface area (Å²) < 4.78 is 13.6. The third-order valence-corrected chi connectivity index (χ3v) is 2.86. The lowest BCUT2D eigenvalue weighted by Gasteiger charge is -2.08. The van der Waals surface area contributed by atoms with E-state index in [1.807, 2.05) is 0 Å². The van der Waals surface area contributed by atoms with Crippen LogP contribution in [0.2, 0.25) is 5.02 Å². The number of aromatic hydroxyl groups is 1. The van der Waals surface area contributed by atoms with Gasteiger partial charge in [-0.05, 0) is 24.3 Å². The van der Waals surface area contributed by atoms with Gasteiger partial charge in [0.15, 0.2) is 5.69 Å². The number of nitrogens with one attached hydrogen (secondary N) is 1. The molecule has 108 valence electrons. The molecule has 21 heavy (non-hydrogen) atoms. The number of benzene rings is 2. The van der Waals surface area contributed by atoms with E-state index < -0.39 is 33.8 Å². The normalized spacial score (nSPS) is 10.2. The van der Waals surface area contributed by atoms with Crippen molar-refractivity contribution in [3.05, 3.63) is 62.9 Å². The van der Waals surface area contributed by atoms with Gasteiger partial charge in [0, 0.05) is 11.1 Å². The molecule has 0 radical (unpaired) electrons. The number of carbonyl (C=O) groups is 1. The lowest BCUT2D eigenvalue weighted by molar-refractivity contribution is -0.384. The van der Waals surface area contributed by atoms with E-state index in [2.05, 4.69) is 5.32 Å². The van der Waals surface area contributed by atoms with Gasteiger partial charge in [-0.1, -0.05) is 17.7 Å². The Labute approximate surface area is 122 Å². The molecule has 0 saturated carbocycles. The van der Waals surface area contributed by atoms with Gasteiger partial charge < -0.3 is 10.4 Å². The van der Waals surface area contributed by atoms with Gasteiger partial charge in [-0.2, -0.15) is 0 Å². The second kappa shape index (κ2) is 5.76. The number of phenols is 1. The van der Waals surface area contributed by atoms with Crippen molar-refractivity contribution in [1.29, 1.82) is 0 Å². The van der Waals surface area contributed by atoms with Crippen molar-refractivity contribution in [1.82, 2.24) is 0 Å². The van der Waals surface area contributed by atoms with Crippen molar-refractivity contribution in [3.63, 3.8) is 0 Å². The fraction of sp³-hybridized carbons (Fsp3) is 0. The number of nitro groups is 1. The Morgan fingerprint density at radius 1 is 1.33 bits per heavy atom. The van der Waals surface area contributed by atoms with Crippen LogP contribution in [0.1, 0.15) is 10.4 Å². The van der Waals surface area contributed by atoms with Crippen molar-refractivity contribution in [3.8, 4) is 5.75 Å². The van der Waals surface area contributed by atoms with Crippen molar-refractivity contribution in [2.45, 2.75) is 0 Å². The highest BCUT2D eigenvalue weighted by Crippen LogP contribution is 2.33. The van der Waals surface area contributed by atoms with Gasteiger partial charge in [0.2, 0.25) is 0 Å². The van der Waals surface area contributed by atoms with Gasteiger partial charge in [0.25, 0.3) is 11.6 Å². The molecule has 6 nitrogen and oxygen atoms in total. The van der Waals surface area contributed by atoms with Crippen LogP contribution in [0, 0.1) is 15.9 Å². The highest BCUT2D eigenvalue weighted by molar-refractivity contribution is 6.31. The molecule has 0 aliphatic heterocycles. The van der Waals surface area contributed by atoms with E-state index in [-0.39, 0.29) is 10.6 Å². The molecule has 0 heterocycles. The van der Waals surface area contributed by atoms with Crippen LogP contribution < -0.4 is 5.32 Å². The molecule has 0 aliphatic rings. The number of hydrogen-bond acceptors (Lipinski definition) is 4. The Morgan fingerprint density at radius 2 is 2.05 bits per heavy atom. The molecule has 2 rings (SSSR count). The van der Waals surface area contributed by atoms with Crippen molar-refractivity contribution in [2.75, 3.05) is 5.32 Å². The van der Waals surface area contributed by atoms with Crippen LogP contribution in [-0.4, -0.2) is 15.9 Å². The topological polar surface area (TPSA) is 92.5 Å². The van der Waals surface area contributed by atoms with Crippen molar-refractivity contribution in [2.24, 2.45) is 0 Å². The summed E-state index contributed by atoms with van der Waals surface area (Å²) in [6.07, 6.45) is 0. The maximum absolute atomic E-state index is 13.6. The van der Waals surface area contributed by atoms with E-state index in [0.29, 0.717) is 0 Å². The molecular formula is C13H8ClFN2O4. The predicted octanol–water partition coefficient (Wildman–Crippen LogP) is 3.35. The summed E-state index contributed by atoms with van der Waals surface area (Å²) >= 11 is 5.67. The zero-order valence-electron chi connectivity index (χ0n) is 10.3. The van der Waals surface area contributed by atoms with E-state index >= 15 is 0 Å². The number of para-hydroxylation sites is 1. The average molecular weight is 311 g/mol. The summed E-state index contributed by atoms with van der Waals surface area (Å²) in [5, 5.41) is 22.7. The summed E-state index contributed by atoms with van der Waals surface area (Å²) in [6, 6.07) is 6.86. The number of hydrogen-bond donors (Lipinski definition) is 2. The highest BCUT2D eigenvalue weighted by atomic mass is 35.5. The van der Waals surface area contributed by atoms with E-state index in [1.54, 1.807) is 0 Å². The number of phenolic OH excluding ortho intramolecular Hbond substituents is 1. The van der Waals surface area contributed by atoms with Gasteiger partial charge in [-0.3, -0.25) is 14.9 Å². The molecule has 1 amide bonds. The van der Waals surface area contributed by atoms with Gasteiger partial charge in [0.05, 0.1) is 10.5 Å². The van der Waals surface area contributed by atoms with E-state index in [1.165, 1.54) is 12.1 Å². The zero-order chi connectivity index (χ0) is 15.6. The minimum atomic E-state index is -0.959. The molecule has 0 saturated heterocycles. The number of amides is 1. The van der Waals surface area contributed by atoms with Crippen LogP contribution in [0.15, 0.2) is 36.4 Å². The summed E-state index contributed by atoms with van der Waals surface area (Å²) in [5.74, 6) is -2.30. The zero-order valence-corrected chi connectivity index (χ0v) is 11.1.